The van der Waals surface area contributed by atoms with Crippen LogP contribution in [0.2, 0.25) is 5.02 Å². The zero-order valence-electron chi connectivity index (χ0n) is 10.8. The van der Waals surface area contributed by atoms with Crippen molar-refractivity contribution in [3.8, 4) is 0 Å². The van der Waals surface area contributed by atoms with Gasteiger partial charge in [-0.25, -0.2) is 4.98 Å². The van der Waals surface area contributed by atoms with Crippen LogP contribution in [0.5, 0.6) is 0 Å². The number of halogens is 4. The summed E-state index contributed by atoms with van der Waals surface area (Å²) in [5.41, 5.74) is 1.37. The third-order valence-corrected chi connectivity index (χ3v) is 3.76. The van der Waals surface area contributed by atoms with E-state index in [1.54, 1.807) is 18.2 Å². The maximum absolute atomic E-state index is 12.0. The molecule has 4 nitrogen and oxygen atoms in total. The summed E-state index contributed by atoms with van der Waals surface area (Å²) >= 11 is 6.89. The Bertz CT molecular complexity index is 659. The molecule has 1 atom stereocenters. The van der Waals surface area contributed by atoms with Crippen molar-refractivity contribution in [1.29, 1.82) is 0 Å². The molecular formula is C12H11ClF3N3OS. The second kappa shape index (κ2) is 6.15. The van der Waals surface area contributed by atoms with Gasteiger partial charge in [-0.15, -0.1) is 0 Å². The van der Waals surface area contributed by atoms with Gasteiger partial charge in [0.1, 0.15) is 6.54 Å². The van der Waals surface area contributed by atoms with Crippen LogP contribution in [0.25, 0.3) is 11.0 Å². The van der Waals surface area contributed by atoms with Crippen LogP contribution in [-0.4, -0.2) is 33.8 Å². The van der Waals surface area contributed by atoms with Crippen molar-refractivity contribution < 1.29 is 18.0 Å². The summed E-state index contributed by atoms with van der Waals surface area (Å²) in [4.78, 5) is 18.8. The van der Waals surface area contributed by atoms with Crippen molar-refractivity contribution in [2.45, 2.75) is 23.5 Å². The van der Waals surface area contributed by atoms with Gasteiger partial charge in [0.25, 0.3) is 0 Å². The van der Waals surface area contributed by atoms with Crippen molar-refractivity contribution in [3.05, 3.63) is 23.2 Å². The Morgan fingerprint density at radius 1 is 1.52 bits per heavy atom. The zero-order valence-corrected chi connectivity index (χ0v) is 12.4. The minimum atomic E-state index is -4.42. The van der Waals surface area contributed by atoms with E-state index in [-0.39, 0.29) is 0 Å². The van der Waals surface area contributed by atoms with E-state index >= 15 is 0 Å². The van der Waals surface area contributed by atoms with Gasteiger partial charge in [-0.2, -0.15) is 13.2 Å². The molecule has 0 saturated heterocycles. The zero-order chi connectivity index (χ0) is 15.6. The molecule has 1 unspecified atom stereocenters. The lowest BCUT2D eigenvalue weighted by atomic mass is 10.3. The smallest absolute Gasteiger partial charge is 0.346 e. The van der Waals surface area contributed by atoms with Crippen LogP contribution in [0.3, 0.4) is 0 Å². The van der Waals surface area contributed by atoms with Crippen LogP contribution < -0.4 is 5.32 Å². The van der Waals surface area contributed by atoms with E-state index in [0.717, 1.165) is 11.8 Å². The van der Waals surface area contributed by atoms with E-state index in [1.165, 1.54) is 6.92 Å². The molecule has 0 aliphatic rings. The third kappa shape index (κ3) is 4.53. The van der Waals surface area contributed by atoms with Crippen LogP contribution in [0.1, 0.15) is 6.92 Å². The van der Waals surface area contributed by atoms with Crippen LogP contribution in [0, 0.1) is 0 Å². The number of carbonyl (C=O) groups excluding carboxylic acids is 1. The lowest BCUT2D eigenvalue weighted by Crippen LogP contribution is -2.38. The quantitative estimate of drug-likeness (QED) is 0.841. The van der Waals surface area contributed by atoms with Crippen molar-refractivity contribution in [3.63, 3.8) is 0 Å². The van der Waals surface area contributed by atoms with Gasteiger partial charge in [0, 0.05) is 5.02 Å². The summed E-state index contributed by atoms with van der Waals surface area (Å²) in [6, 6.07) is 5.08. The molecular weight excluding hydrogens is 327 g/mol. The highest BCUT2D eigenvalue weighted by molar-refractivity contribution is 8.00. The first kappa shape index (κ1) is 16.0. The minimum absolute atomic E-state index is 0.446. The fourth-order valence-electron chi connectivity index (χ4n) is 1.57. The molecule has 9 heteroatoms. The van der Waals surface area contributed by atoms with Crippen molar-refractivity contribution in [2.24, 2.45) is 0 Å². The van der Waals surface area contributed by atoms with Crippen molar-refractivity contribution in [1.82, 2.24) is 15.3 Å². The topological polar surface area (TPSA) is 57.8 Å². The minimum Gasteiger partial charge on any atom is -0.346 e. The molecule has 0 radical (unpaired) electrons. The molecule has 114 valence electrons. The van der Waals surface area contributed by atoms with E-state index in [0.29, 0.717) is 21.2 Å². The van der Waals surface area contributed by atoms with Gasteiger partial charge in [0.05, 0.1) is 16.3 Å². The van der Waals surface area contributed by atoms with Crippen LogP contribution in [-0.2, 0) is 4.79 Å². The molecule has 0 saturated carbocycles. The molecule has 0 bridgehead atoms. The molecule has 1 amide bonds. The first-order valence-corrected chi connectivity index (χ1v) is 7.17. The van der Waals surface area contributed by atoms with Crippen LogP contribution in [0.15, 0.2) is 23.4 Å². The van der Waals surface area contributed by atoms with E-state index < -0.39 is 23.9 Å². The number of imidazole rings is 1. The number of thioether (sulfide) groups is 1. The van der Waals surface area contributed by atoms with Gasteiger partial charge < -0.3 is 10.3 Å². The Morgan fingerprint density at radius 3 is 2.90 bits per heavy atom. The second-order valence-corrected chi connectivity index (χ2v) is 6.06. The highest BCUT2D eigenvalue weighted by atomic mass is 35.5. The van der Waals surface area contributed by atoms with Crippen molar-refractivity contribution >= 4 is 40.3 Å². The summed E-state index contributed by atoms with van der Waals surface area (Å²) in [6.07, 6.45) is -4.42. The number of nitrogens with zero attached hydrogens (tertiary/aromatic N) is 1. The van der Waals surface area contributed by atoms with Crippen molar-refractivity contribution in [2.75, 3.05) is 6.54 Å². The summed E-state index contributed by atoms with van der Waals surface area (Å²) in [5, 5.41) is 2.12. The number of benzene rings is 1. The number of fused-ring (bicyclic) bond motifs is 1. The first-order valence-electron chi connectivity index (χ1n) is 5.91. The predicted molar refractivity (Wildman–Crippen MR) is 75.5 cm³/mol. The van der Waals surface area contributed by atoms with E-state index in [1.807, 2.05) is 5.32 Å². The van der Waals surface area contributed by atoms with Crippen LogP contribution in [0.4, 0.5) is 13.2 Å². The monoisotopic (exact) mass is 337 g/mol. The summed E-state index contributed by atoms with van der Waals surface area (Å²) in [6.45, 7) is 0.170. The highest BCUT2D eigenvalue weighted by Gasteiger charge is 2.29. The molecule has 1 heterocycles. The Balaban J connectivity index is 2.00. The molecule has 2 rings (SSSR count). The number of amides is 1. The van der Waals surface area contributed by atoms with Gasteiger partial charge in [-0.1, -0.05) is 23.4 Å². The number of aromatic amines is 1. The molecule has 0 spiro atoms. The van der Waals surface area contributed by atoms with E-state index in [2.05, 4.69) is 9.97 Å². The average molecular weight is 338 g/mol. The maximum Gasteiger partial charge on any atom is 0.405 e. The number of aromatic nitrogens is 2. The number of H-pyrrole nitrogens is 1. The summed E-state index contributed by atoms with van der Waals surface area (Å²) in [7, 11) is 0. The predicted octanol–water partition coefficient (Wildman–Crippen LogP) is 3.38. The van der Waals surface area contributed by atoms with Gasteiger partial charge in [-0.3, -0.25) is 4.79 Å². The Kier molecular flexibility index (Phi) is 4.67. The number of rotatable bonds is 4. The molecule has 1 aromatic heterocycles. The van der Waals surface area contributed by atoms with Crippen LogP contribution >= 0.6 is 23.4 Å². The third-order valence-electron chi connectivity index (χ3n) is 2.54. The maximum atomic E-state index is 12.0. The standard InChI is InChI=1S/C12H11ClF3N3OS/c1-6(10(20)17-5-12(14,15)16)21-11-18-8-3-2-7(13)4-9(8)19-11/h2-4,6H,5H2,1H3,(H,17,20)(H,18,19). The number of carbonyl (C=O) groups is 1. The lowest BCUT2D eigenvalue weighted by Gasteiger charge is -2.12. The summed E-state index contributed by atoms with van der Waals surface area (Å²) in [5.74, 6) is -0.698. The molecule has 1 aromatic carbocycles. The normalized spacial score (nSPS) is 13.4. The van der Waals surface area contributed by atoms with Gasteiger partial charge in [0.15, 0.2) is 5.16 Å². The molecule has 0 aliphatic heterocycles. The van der Waals surface area contributed by atoms with Gasteiger partial charge in [0.2, 0.25) is 5.91 Å². The fourth-order valence-corrected chi connectivity index (χ4v) is 2.58. The Labute approximate surface area is 127 Å². The SMILES string of the molecule is CC(Sc1nc2ccc(Cl)cc2[nH]1)C(=O)NCC(F)(F)F. The fraction of sp³-hybridized carbons (Fsp3) is 0.333. The molecule has 0 aliphatic carbocycles. The number of alkyl halides is 3. The first-order chi connectivity index (χ1) is 9.74. The lowest BCUT2D eigenvalue weighted by molar-refractivity contribution is -0.137. The number of hydrogen-bond donors (Lipinski definition) is 2. The largest absolute Gasteiger partial charge is 0.405 e. The number of hydrogen-bond acceptors (Lipinski definition) is 3. The average Bonchev–Trinajstić information content (AvgIpc) is 2.76. The molecule has 2 aromatic rings. The molecule has 2 N–H and O–H groups in total. The molecule has 21 heavy (non-hydrogen) atoms. The molecule has 0 fully saturated rings. The Hall–Kier alpha value is -1.41. The van der Waals surface area contributed by atoms with E-state index in [9.17, 15) is 18.0 Å². The van der Waals surface area contributed by atoms with Gasteiger partial charge >= 0.3 is 6.18 Å². The van der Waals surface area contributed by atoms with Gasteiger partial charge in [-0.05, 0) is 25.1 Å². The van der Waals surface area contributed by atoms with E-state index in [4.69, 9.17) is 11.6 Å². The highest BCUT2D eigenvalue weighted by Crippen LogP contribution is 2.25. The Morgan fingerprint density at radius 2 is 2.24 bits per heavy atom. The second-order valence-electron chi connectivity index (χ2n) is 4.30. The summed E-state index contributed by atoms with van der Waals surface area (Å²) < 4.78 is 36.1. The number of nitrogens with one attached hydrogen (secondary N) is 2.